The second-order valence-corrected chi connectivity index (χ2v) is 7.09. The van der Waals surface area contributed by atoms with Gasteiger partial charge in [-0.2, -0.15) is 0 Å². The number of amides is 2. The summed E-state index contributed by atoms with van der Waals surface area (Å²) in [6, 6.07) is 5.44. The SMILES string of the molecule is COCCNC(=O)c1cccc(NC(=O)C2CC23CCNCC3)c1C.Cl. The van der Waals surface area contributed by atoms with Crippen LogP contribution in [0.5, 0.6) is 0 Å². The summed E-state index contributed by atoms with van der Waals surface area (Å²) in [5, 5.41) is 9.22. The lowest BCUT2D eigenvalue weighted by molar-refractivity contribution is -0.118. The average molecular weight is 382 g/mol. The van der Waals surface area contributed by atoms with E-state index in [-0.39, 0.29) is 35.6 Å². The van der Waals surface area contributed by atoms with Crippen molar-refractivity contribution in [1.82, 2.24) is 10.6 Å². The molecule has 144 valence electrons. The van der Waals surface area contributed by atoms with Gasteiger partial charge in [0.15, 0.2) is 0 Å². The quantitative estimate of drug-likeness (QED) is 0.659. The minimum absolute atomic E-state index is 0. The molecule has 3 rings (SSSR count). The van der Waals surface area contributed by atoms with Gasteiger partial charge < -0.3 is 20.7 Å². The van der Waals surface area contributed by atoms with Gasteiger partial charge in [0.25, 0.3) is 5.91 Å². The Balaban J connectivity index is 0.00000243. The molecule has 0 bridgehead atoms. The fourth-order valence-corrected chi connectivity index (χ4v) is 3.79. The van der Waals surface area contributed by atoms with E-state index < -0.39 is 0 Å². The van der Waals surface area contributed by atoms with Crippen LogP contribution in [-0.4, -0.2) is 45.2 Å². The van der Waals surface area contributed by atoms with E-state index in [4.69, 9.17) is 4.74 Å². The van der Waals surface area contributed by atoms with Gasteiger partial charge in [-0.15, -0.1) is 12.4 Å². The molecule has 6 nitrogen and oxygen atoms in total. The van der Waals surface area contributed by atoms with Crippen molar-refractivity contribution in [2.75, 3.05) is 38.7 Å². The van der Waals surface area contributed by atoms with E-state index in [1.165, 1.54) is 0 Å². The van der Waals surface area contributed by atoms with Gasteiger partial charge in [-0.05, 0) is 62.4 Å². The van der Waals surface area contributed by atoms with Gasteiger partial charge >= 0.3 is 0 Å². The molecular formula is C19H28ClN3O3. The summed E-state index contributed by atoms with van der Waals surface area (Å²) in [5.41, 5.74) is 2.31. The molecule has 1 spiro atoms. The molecule has 1 aliphatic heterocycles. The third-order valence-corrected chi connectivity index (χ3v) is 5.53. The van der Waals surface area contributed by atoms with Gasteiger partial charge in [0.1, 0.15) is 0 Å². The van der Waals surface area contributed by atoms with Gasteiger partial charge in [-0.1, -0.05) is 6.07 Å². The number of hydrogen-bond donors (Lipinski definition) is 3. The van der Waals surface area contributed by atoms with Gasteiger partial charge in [0.2, 0.25) is 5.91 Å². The fourth-order valence-electron chi connectivity index (χ4n) is 3.79. The van der Waals surface area contributed by atoms with Crippen molar-refractivity contribution in [3.05, 3.63) is 29.3 Å². The normalized spacial score (nSPS) is 20.2. The van der Waals surface area contributed by atoms with Crippen LogP contribution in [0.25, 0.3) is 0 Å². The topological polar surface area (TPSA) is 79.5 Å². The predicted molar refractivity (Wildman–Crippen MR) is 104 cm³/mol. The van der Waals surface area contributed by atoms with Crippen molar-refractivity contribution < 1.29 is 14.3 Å². The first-order chi connectivity index (χ1) is 12.1. The minimum Gasteiger partial charge on any atom is -0.383 e. The molecule has 1 aromatic carbocycles. The summed E-state index contributed by atoms with van der Waals surface area (Å²) < 4.78 is 4.95. The summed E-state index contributed by atoms with van der Waals surface area (Å²) in [5.74, 6) is 0.0435. The van der Waals surface area contributed by atoms with Crippen molar-refractivity contribution in [2.24, 2.45) is 11.3 Å². The number of halogens is 1. The van der Waals surface area contributed by atoms with Crippen molar-refractivity contribution in [3.63, 3.8) is 0 Å². The molecule has 1 heterocycles. The molecule has 26 heavy (non-hydrogen) atoms. The summed E-state index contributed by atoms with van der Waals surface area (Å²) in [7, 11) is 1.60. The lowest BCUT2D eigenvalue weighted by Crippen LogP contribution is -2.32. The van der Waals surface area contributed by atoms with Crippen LogP contribution in [0.4, 0.5) is 5.69 Å². The van der Waals surface area contributed by atoms with E-state index in [2.05, 4.69) is 16.0 Å². The highest BCUT2D eigenvalue weighted by atomic mass is 35.5. The Labute approximate surface area is 160 Å². The van der Waals surface area contributed by atoms with Crippen LogP contribution >= 0.6 is 12.4 Å². The van der Waals surface area contributed by atoms with Gasteiger partial charge in [0.05, 0.1) is 6.61 Å². The van der Waals surface area contributed by atoms with Gasteiger partial charge in [-0.3, -0.25) is 9.59 Å². The molecule has 2 amide bonds. The molecule has 1 aliphatic carbocycles. The summed E-state index contributed by atoms with van der Waals surface area (Å²) >= 11 is 0. The third-order valence-electron chi connectivity index (χ3n) is 5.53. The van der Waals surface area contributed by atoms with Crippen LogP contribution in [0, 0.1) is 18.3 Å². The van der Waals surface area contributed by atoms with Crippen LogP contribution in [0.1, 0.15) is 35.2 Å². The first-order valence-electron chi connectivity index (χ1n) is 8.96. The lowest BCUT2D eigenvalue weighted by atomic mass is 9.91. The minimum atomic E-state index is -0.146. The molecule has 0 aromatic heterocycles. The third kappa shape index (κ3) is 4.37. The highest BCUT2D eigenvalue weighted by Gasteiger charge is 2.57. The van der Waals surface area contributed by atoms with Crippen molar-refractivity contribution >= 4 is 29.9 Å². The number of nitrogens with one attached hydrogen (secondary N) is 3. The Bertz CT molecular complexity index is 659. The average Bonchev–Trinajstić information content (AvgIpc) is 3.30. The largest absolute Gasteiger partial charge is 0.383 e. The van der Waals surface area contributed by atoms with E-state index in [1.54, 1.807) is 19.2 Å². The number of hydrogen-bond acceptors (Lipinski definition) is 4. The van der Waals surface area contributed by atoms with Crippen LogP contribution < -0.4 is 16.0 Å². The smallest absolute Gasteiger partial charge is 0.251 e. The second-order valence-electron chi connectivity index (χ2n) is 7.09. The first kappa shape index (κ1) is 20.7. The number of rotatable bonds is 6. The summed E-state index contributed by atoms with van der Waals surface area (Å²) in [4.78, 5) is 24.9. The zero-order chi connectivity index (χ0) is 17.9. The molecule has 1 aromatic rings. The standard InChI is InChI=1S/C19H27N3O3.ClH/c1-13-14(17(23)21-10-11-25-2)4-3-5-16(13)22-18(24)15-12-19(15)6-8-20-9-7-19;/h3-5,15,20H,6-12H2,1-2H3,(H,21,23)(H,22,24);1H. The molecular weight excluding hydrogens is 354 g/mol. The van der Waals surface area contributed by atoms with E-state index in [0.29, 0.717) is 18.7 Å². The van der Waals surface area contributed by atoms with E-state index in [9.17, 15) is 9.59 Å². The summed E-state index contributed by atoms with van der Waals surface area (Å²) in [6.07, 6.45) is 3.13. The van der Waals surface area contributed by atoms with Crippen LogP contribution in [0.15, 0.2) is 18.2 Å². The Hall–Kier alpha value is -1.63. The molecule has 7 heteroatoms. The van der Waals surface area contributed by atoms with Crippen LogP contribution in [-0.2, 0) is 9.53 Å². The maximum atomic E-state index is 12.6. The Morgan fingerprint density at radius 1 is 1.31 bits per heavy atom. The van der Waals surface area contributed by atoms with Crippen LogP contribution in [0.2, 0.25) is 0 Å². The number of anilines is 1. The zero-order valence-corrected chi connectivity index (χ0v) is 16.2. The highest BCUT2D eigenvalue weighted by Crippen LogP contribution is 2.58. The highest BCUT2D eigenvalue weighted by molar-refractivity contribution is 6.00. The van der Waals surface area contributed by atoms with Gasteiger partial charge in [-0.25, -0.2) is 0 Å². The Morgan fingerprint density at radius 2 is 2.04 bits per heavy atom. The molecule has 1 unspecified atom stereocenters. The van der Waals surface area contributed by atoms with Crippen LogP contribution in [0.3, 0.4) is 0 Å². The monoisotopic (exact) mass is 381 g/mol. The number of piperidine rings is 1. The maximum absolute atomic E-state index is 12.6. The number of benzene rings is 1. The Morgan fingerprint density at radius 3 is 2.73 bits per heavy atom. The molecule has 2 aliphatic rings. The molecule has 0 radical (unpaired) electrons. The van der Waals surface area contributed by atoms with Crippen molar-refractivity contribution in [2.45, 2.75) is 26.2 Å². The molecule has 1 atom stereocenters. The lowest BCUT2D eigenvalue weighted by Gasteiger charge is -2.23. The summed E-state index contributed by atoms with van der Waals surface area (Å²) in [6.45, 7) is 4.80. The number of ether oxygens (including phenoxy) is 1. The number of methoxy groups -OCH3 is 1. The molecule has 3 N–H and O–H groups in total. The molecule has 2 fully saturated rings. The zero-order valence-electron chi connectivity index (χ0n) is 15.4. The number of carbonyl (C=O) groups is 2. The first-order valence-corrected chi connectivity index (χ1v) is 8.96. The van der Waals surface area contributed by atoms with Crippen molar-refractivity contribution in [1.29, 1.82) is 0 Å². The Kier molecular flexibility index (Phi) is 7.03. The van der Waals surface area contributed by atoms with Crippen molar-refractivity contribution in [3.8, 4) is 0 Å². The number of carbonyl (C=O) groups excluding carboxylic acids is 2. The maximum Gasteiger partial charge on any atom is 0.251 e. The van der Waals surface area contributed by atoms with E-state index in [1.807, 2.05) is 13.0 Å². The molecule has 1 saturated heterocycles. The fraction of sp³-hybridized carbons (Fsp3) is 0.579. The molecule has 1 saturated carbocycles. The van der Waals surface area contributed by atoms with E-state index >= 15 is 0 Å². The predicted octanol–water partition coefficient (Wildman–Crippen LogP) is 2.12. The van der Waals surface area contributed by atoms with E-state index in [0.717, 1.165) is 43.6 Å². The second kappa shape index (κ2) is 8.84. The van der Waals surface area contributed by atoms with Gasteiger partial charge in [0, 0.05) is 30.8 Å².